The van der Waals surface area contributed by atoms with Crippen LogP contribution in [0.3, 0.4) is 0 Å². The number of carbonyl (C=O) groups excluding carboxylic acids is 1. The number of nitrogens with zero attached hydrogens (tertiary/aromatic N) is 2. The van der Waals surface area contributed by atoms with E-state index in [4.69, 9.17) is 10.5 Å². The quantitative estimate of drug-likeness (QED) is 0.919. The van der Waals surface area contributed by atoms with E-state index in [0.29, 0.717) is 13.2 Å². The number of hydrogen-bond acceptors (Lipinski definition) is 4. The summed E-state index contributed by atoms with van der Waals surface area (Å²) in [5.74, 6) is 0.400. The Morgan fingerprint density at radius 1 is 1.36 bits per heavy atom. The van der Waals surface area contributed by atoms with Crippen molar-refractivity contribution in [2.75, 3.05) is 13.1 Å². The molecule has 1 aliphatic heterocycles. The van der Waals surface area contributed by atoms with Crippen molar-refractivity contribution >= 4 is 5.91 Å². The van der Waals surface area contributed by atoms with E-state index in [1.165, 1.54) is 0 Å². The van der Waals surface area contributed by atoms with Gasteiger partial charge in [0.05, 0.1) is 18.4 Å². The fourth-order valence-electron chi connectivity index (χ4n) is 3.46. The summed E-state index contributed by atoms with van der Waals surface area (Å²) in [5.41, 5.74) is 6.93. The fourth-order valence-corrected chi connectivity index (χ4v) is 3.46. The van der Waals surface area contributed by atoms with Crippen LogP contribution in [-0.2, 0) is 16.1 Å². The second kappa shape index (κ2) is 7.20. The van der Waals surface area contributed by atoms with Crippen molar-refractivity contribution in [1.82, 2.24) is 9.88 Å². The number of ether oxygens (including phenoxy) is 1. The molecule has 2 aliphatic rings. The molecule has 5 nitrogen and oxygen atoms in total. The Kier molecular flexibility index (Phi) is 5.05. The lowest BCUT2D eigenvalue weighted by molar-refractivity contribution is -0.136. The number of rotatable bonds is 4. The minimum Gasteiger partial charge on any atom is -0.370 e. The third kappa shape index (κ3) is 3.84. The third-order valence-electron chi connectivity index (χ3n) is 4.71. The molecule has 1 unspecified atom stereocenters. The average Bonchev–Trinajstić information content (AvgIpc) is 3.02. The van der Waals surface area contributed by atoms with E-state index in [9.17, 15) is 4.79 Å². The number of pyridine rings is 1. The van der Waals surface area contributed by atoms with Gasteiger partial charge in [0.2, 0.25) is 5.91 Å². The van der Waals surface area contributed by atoms with Gasteiger partial charge in [-0.3, -0.25) is 9.78 Å². The molecular formula is C17H25N3O2. The van der Waals surface area contributed by atoms with Crippen LogP contribution in [0.1, 0.15) is 37.8 Å². The molecule has 3 rings (SSSR count). The molecule has 1 saturated heterocycles. The first-order valence-electron chi connectivity index (χ1n) is 8.28. The van der Waals surface area contributed by atoms with Crippen LogP contribution in [0.15, 0.2) is 24.4 Å². The first-order chi connectivity index (χ1) is 10.7. The molecular weight excluding hydrogens is 278 g/mol. The smallest absolute Gasteiger partial charge is 0.225 e. The molecule has 2 fully saturated rings. The number of nitrogens with two attached hydrogens (primary N) is 1. The summed E-state index contributed by atoms with van der Waals surface area (Å²) in [4.78, 5) is 18.8. The fraction of sp³-hybridized carbons (Fsp3) is 0.647. The van der Waals surface area contributed by atoms with Crippen molar-refractivity contribution in [1.29, 1.82) is 0 Å². The summed E-state index contributed by atoms with van der Waals surface area (Å²) in [6.45, 7) is 2.02. The lowest BCUT2D eigenvalue weighted by Gasteiger charge is -2.29. The van der Waals surface area contributed by atoms with Crippen molar-refractivity contribution in [2.24, 2.45) is 11.7 Å². The SMILES string of the molecule is N[C@@H]1CCC[C@@H](C(=O)N2CCC(OCc3ccccn3)C2)C1. The largest absolute Gasteiger partial charge is 0.370 e. The number of aromatic nitrogens is 1. The van der Waals surface area contributed by atoms with Gasteiger partial charge in [0.25, 0.3) is 0 Å². The summed E-state index contributed by atoms with van der Waals surface area (Å²) in [6.07, 6.45) is 6.78. The monoisotopic (exact) mass is 303 g/mol. The molecule has 120 valence electrons. The van der Waals surface area contributed by atoms with E-state index in [-0.39, 0.29) is 24.0 Å². The lowest BCUT2D eigenvalue weighted by atomic mass is 9.85. The second-order valence-corrected chi connectivity index (χ2v) is 6.45. The van der Waals surface area contributed by atoms with Crippen molar-refractivity contribution in [3.8, 4) is 0 Å². The minimum absolute atomic E-state index is 0.123. The molecule has 0 spiro atoms. The van der Waals surface area contributed by atoms with Crippen molar-refractivity contribution < 1.29 is 9.53 Å². The molecule has 1 aromatic rings. The van der Waals surface area contributed by atoms with E-state index < -0.39 is 0 Å². The predicted octanol–water partition coefficient (Wildman–Crippen LogP) is 1.72. The van der Waals surface area contributed by atoms with Crippen LogP contribution in [0.4, 0.5) is 0 Å². The van der Waals surface area contributed by atoms with Gasteiger partial charge in [0.1, 0.15) is 0 Å². The zero-order valence-corrected chi connectivity index (χ0v) is 13.0. The van der Waals surface area contributed by atoms with Gasteiger partial charge >= 0.3 is 0 Å². The Hall–Kier alpha value is -1.46. The van der Waals surface area contributed by atoms with Gasteiger partial charge < -0.3 is 15.4 Å². The predicted molar refractivity (Wildman–Crippen MR) is 83.9 cm³/mol. The van der Waals surface area contributed by atoms with E-state index in [0.717, 1.165) is 44.3 Å². The third-order valence-corrected chi connectivity index (χ3v) is 4.71. The van der Waals surface area contributed by atoms with E-state index in [1.54, 1.807) is 6.20 Å². The van der Waals surface area contributed by atoms with Gasteiger partial charge in [-0.15, -0.1) is 0 Å². The molecule has 0 radical (unpaired) electrons. The number of likely N-dealkylation sites (tertiary alicyclic amines) is 1. The van der Waals surface area contributed by atoms with Gasteiger partial charge in [-0.1, -0.05) is 12.5 Å². The zero-order valence-electron chi connectivity index (χ0n) is 13.0. The minimum atomic E-state index is 0.123. The van der Waals surface area contributed by atoms with Crippen molar-refractivity contribution in [3.63, 3.8) is 0 Å². The summed E-state index contributed by atoms with van der Waals surface area (Å²) in [5, 5.41) is 0. The van der Waals surface area contributed by atoms with Gasteiger partial charge in [0, 0.05) is 31.2 Å². The summed E-state index contributed by atoms with van der Waals surface area (Å²) in [6, 6.07) is 6.01. The topological polar surface area (TPSA) is 68.5 Å². The van der Waals surface area contributed by atoms with Crippen LogP contribution in [0, 0.1) is 5.92 Å². The van der Waals surface area contributed by atoms with Crippen LogP contribution in [0.5, 0.6) is 0 Å². The van der Waals surface area contributed by atoms with E-state index in [2.05, 4.69) is 4.98 Å². The van der Waals surface area contributed by atoms with Crippen LogP contribution in [0.25, 0.3) is 0 Å². The molecule has 2 heterocycles. The Morgan fingerprint density at radius 2 is 2.27 bits per heavy atom. The number of hydrogen-bond donors (Lipinski definition) is 1. The molecule has 1 aromatic heterocycles. The Labute approximate surface area is 131 Å². The van der Waals surface area contributed by atoms with Crippen LogP contribution in [-0.4, -0.2) is 41.0 Å². The molecule has 3 atom stereocenters. The highest BCUT2D eigenvalue weighted by Crippen LogP contribution is 2.27. The van der Waals surface area contributed by atoms with Gasteiger partial charge in [0.15, 0.2) is 0 Å². The molecule has 22 heavy (non-hydrogen) atoms. The van der Waals surface area contributed by atoms with E-state index in [1.807, 2.05) is 23.1 Å². The standard InChI is InChI=1S/C17H25N3O2/c18-14-5-3-4-13(10-14)17(21)20-9-7-16(11-20)22-12-15-6-1-2-8-19-15/h1-2,6,8,13-14,16H,3-5,7,9-12,18H2/t13-,14-,16?/m1/s1. The van der Waals surface area contributed by atoms with Gasteiger partial charge in [-0.25, -0.2) is 0 Å². The number of amides is 1. The van der Waals surface area contributed by atoms with E-state index >= 15 is 0 Å². The van der Waals surface area contributed by atoms with Crippen LogP contribution in [0.2, 0.25) is 0 Å². The highest BCUT2D eigenvalue weighted by Gasteiger charge is 2.33. The highest BCUT2D eigenvalue weighted by molar-refractivity contribution is 5.79. The van der Waals surface area contributed by atoms with Crippen LogP contribution < -0.4 is 5.73 Å². The first-order valence-corrected chi connectivity index (χ1v) is 8.28. The summed E-state index contributed by atoms with van der Waals surface area (Å²) >= 11 is 0. The van der Waals surface area contributed by atoms with Crippen LogP contribution >= 0.6 is 0 Å². The molecule has 0 bridgehead atoms. The second-order valence-electron chi connectivity index (χ2n) is 6.45. The normalized spacial score (nSPS) is 28.8. The molecule has 0 aromatic carbocycles. The lowest BCUT2D eigenvalue weighted by Crippen LogP contribution is -2.40. The van der Waals surface area contributed by atoms with Gasteiger partial charge in [-0.05, 0) is 37.8 Å². The molecule has 5 heteroatoms. The first kappa shape index (κ1) is 15.4. The maximum Gasteiger partial charge on any atom is 0.225 e. The molecule has 1 aliphatic carbocycles. The molecule has 1 saturated carbocycles. The Balaban J connectivity index is 1.46. The highest BCUT2D eigenvalue weighted by atomic mass is 16.5. The summed E-state index contributed by atoms with van der Waals surface area (Å²) in [7, 11) is 0. The Morgan fingerprint density at radius 3 is 3.05 bits per heavy atom. The Bertz CT molecular complexity index is 494. The molecule has 2 N–H and O–H groups in total. The zero-order chi connectivity index (χ0) is 15.4. The average molecular weight is 303 g/mol. The maximum absolute atomic E-state index is 12.6. The van der Waals surface area contributed by atoms with Crippen molar-refractivity contribution in [3.05, 3.63) is 30.1 Å². The maximum atomic E-state index is 12.6. The summed E-state index contributed by atoms with van der Waals surface area (Å²) < 4.78 is 5.90. The van der Waals surface area contributed by atoms with Gasteiger partial charge in [-0.2, -0.15) is 0 Å². The van der Waals surface area contributed by atoms with Crippen molar-refractivity contribution in [2.45, 2.75) is 50.9 Å². The molecule has 1 amide bonds. The number of carbonyl (C=O) groups is 1.